The molecule has 30 heavy (non-hydrogen) atoms. The highest BCUT2D eigenvalue weighted by Crippen LogP contribution is 2.22. The molecule has 0 aliphatic rings. The first-order valence-corrected chi connectivity index (χ1v) is 11.0. The average molecular weight is 442 g/mol. The standard InChI is InChI=1S/C23H24ClN3O2S/c1-16-10-11-19(15-20(16)24)27-22(28)13-12-21(26-27)30-17(2)23(29)25-14-6-9-18-7-4-3-5-8-18/h3-5,7-8,10-13,15,17H,6,9,14H2,1-2H3,(H,25,29)/t17-/m1/s1. The smallest absolute Gasteiger partial charge is 0.271 e. The molecule has 1 heterocycles. The van der Waals surface area contributed by atoms with Crippen LogP contribution in [0, 0.1) is 6.92 Å². The van der Waals surface area contributed by atoms with Gasteiger partial charge < -0.3 is 5.32 Å². The van der Waals surface area contributed by atoms with Crippen LogP contribution in [0.1, 0.15) is 24.5 Å². The summed E-state index contributed by atoms with van der Waals surface area (Å²) in [4.78, 5) is 24.7. The first-order valence-electron chi connectivity index (χ1n) is 9.79. The van der Waals surface area contributed by atoms with Crippen LogP contribution < -0.4 is 10.9 Å². The summed E-state index contributed by atoms with van der Waals surface area (Å²) in [5.74, 6) is -0.0500. The van der Waals surface area contributed by atoms with E-state index in [9.17, 15) is 9.59 Å². The third kappa shape index (κ3) is 5.97. The highest BCUT2D eigenvalue weighted by atomic mass is 35.5. The molecule has 0 saturated carbocycles. The maximum absolute atomic E-state index is 12.4. The Morgan fingerprint density at radius 1 is 1.17 bits per heavy atom. The van der Waals surface area contributed by atoms with Gasteiger partial charge in [-0.15, -0.1) is 0 Å². The number of hydrogen-bond acceptors (Lipinski definition) is 4. The fourth-order valence-electron chi connectivity index (χ4n) is 2.88. The second-order valence-corrected chi connectivity index (χ2v) is 8.76. The van der Waals surface area contributed by atoms with Crippen LogP contribution >= 0.6 is 23.4 Å². The topological polar surface area (TPSA) is 64.0 Å². The Hall–Kier alpha value is -2.57. The summed E-state index contributed by atoms with van der Waals surface area (Å²) in [6.45, 7) is 4.35. The first kappa shape index (κ1) is 22.1. The number of thioether (sulfide) groups is 1. The fourth-order valence-corrected chi connectivity index (χ4v) is 3.89. The number of rotatable bonds is 8. The molecule has 1 N–H and O–H groups in total. The van der Waals surface area contributed by atoms with Crippen LogP contribution in [0.25, 0.3) is 5.69 Å². The summed E-state index contributed by atoms with van der Waals surface area (Å²) in [7, 11) is 0. The number of carbonyl (C=O) groups excluding carboxylic acids is 1. The molecule has 0 aliphatic carbocycles. The van der Waals surface area contributed by atoms with Crippen molar-refractivity contribution >= 4 is 29.3 Å². The minimum absolute atomic E-state index is 0.0500. The number of hydrogen-bond donors (Lipinski definition) is 1. The number of nitrogens with one attached hydrogen (secondary N) is 1. The molecule has 3 aromatic rings. The summed E-state index contributed by atoms with van der Waals surface area (Å²) >= 11 is 7.50. The molecule has 0 fully saturated rings. The zero-order chi connectivity index (χ0) is 21.5. The highest BCUT2D eigenvalue weighted by Gasteiger charge is 2.16. The number of aromatic nitrogens is 2. The largest absolute Gasteiger partial charge is 0.355 e. The van der Waals surface area contributed by atoms with Crippen molar-refractivity contribution < 1.29 is 4.79 Å². The van der Waals surface area contributed by atoms with Gasteiger partial charge >= 0.3 is 0 Å². The van der Waals surface area contributed by atoms with Crippen LogP contribution in [0.15, 0.2) is 70.5 Å². The monoisotopic (exact) mass is 441 g/mol. The lowest BCUT2D eigenvalue weighted by Gasteiger charge is -2.13. The van der Waals surface area contributed by atoms with E-state index in [4.69, 9.17) is 11.6 Å². The third-order valence-corrected chi connectivity index (χ3v) is 6.06. The molecule has 0 radical (unpaired) electrons. The third-order valence-electron chi connectivity index (χ3n) is 4.63. The van der Waals surface area contributed by atoms with E-state index in [2.05, 4.69) is 22.5 Å². The molecular weight excluding hydrogens is 418 g/mol. The molecule has 0 saturated heterocycles. The molecule has 5 nitrogen and oxygen atoms in total. The lowest BCUT2D eigenvalue weighted by atomic mass is 10.1. The van der Waals surface area contributed by atoms with Gasteiger partial charge in [-0.25, -0.2) is 0 Å². The lowest BCUT2D eigenvalue weighted by molar-refractivity contribution is -0.120. The molecule has 0 aliphatic heterocycles. The molecular formula is C23H24ClN3O2S. The minimum Gasteiger partial charge on any atom is -0.355 e. The number of aryl methyl sites for hydroxylation is 2. The number of amides is 1. The molecule has 0 bridgehead atoms. The Balaban J connectivity index is 1.58. The second kappa shape index (κ2) is 10.5. The van der Waals surface area contributed by atoms with Crippen molar-refractivity contribution in [1.82, 2.24) is 15.1 Å². The van der Waals surface area contributed by atoms with Crippen molar-refractivity contribution in [2.45, 2.75) is 37.0 Å². The number of carbonyl (C=O) groups is 1. The molecule has 156 valence electrons. The first-order chi connectivity index (χ1) is 14.4. The van der Waals surface area contributed by atoms with E-state index in [0.717, 1.165) is 18.4 Å². The Bertz CT molecular complexity index is 1070. The van der Waals surface area contributed by atoms with Gasteiger partial charge in [0.05, 0.1) is 10.9 Å². The van der Waals surface area contributed by atoms with E-state index in [1.807, 2.05) is 38.1 Å². The van der Waals surface area contributed by atoms with Crippen molar-refractivity contribution in [2.75, 3.05) is 6.54 Å². The summed E-state index contributed by atoms with van der Waals surface area (Å²) in [6, 6.07) is 18.6. The van der Waals surface area contributed by atoms with Gasteiger partial charge in [0, 0.05) is 17.6 Å². The Labute approximate surface area is 185 Å². The number of benzene rings is 2. The summed E-state index contributed by atoms with van der Waals surface area (Å²) in [5.41, 5.74) is 2.53. The molecule has 0 unspecified atom stereocenters. The Morgan fingerprint density at radius 2 is 1.93 bits per heavy atom. The summed E-state index contributed by atoms with van der Waals surface area (Å²) < 4.78 is 1.30. The summed E-state index contributed by atoms with van der Waals surface area (Å²) in [6.07, 6.45) is 1.80. The van der Waals surface area contributed by atoms with Gasteiger partial charge in [-0.1, -0.05) is 59.8 Å². The van der Waals surface area contributed by atoms with Crippen LogP contribution in [0.3, 0.4) is 0 Å². The van der Waals surface area contributed by atoms with Crippen LogP contribution in [0.4, 0.5) is 0 Å². The van der Waals surface area contributed by atoms with E-state index in [-0.39, 0.29) is 16.7 Å². The van der Waals surface area contributed by atoms with E-state index in [1.54, 1.807) is 18.2 Å². The van der Waals surface area contributed by atoms with Crippen molar-refractivity contribution in [3.8, 4) is 5.69 Å². The molecule has 0 spiro atoms. The maximum Gasteiger partial charge on any atom is 0.271 e. The lowest BCUT2D eigenvalue weighted by Crippen LogP contribution is -2.32. The molecule has 7 heteroatoms. The van der Waals surface area contributed by atoms with Gasteiger partial charge in [-0.2, -0.15) is 9.78 Å². The van der Waals surface area contributed by atoms with Gasteiger partial charge in [0.1, 0.15) is 5.03 Å². The van der Waals surface area contributed by atoms with Crippen molar-refractivity contribution in [3.63, 3.8) is 0 Å². The molecule has 1 aromatic heterocycles. The minimum atomic E-state index is -0.332. The fraction of sp³-hybridized carbons (Fsp3) is 0.261. The Morgan fingerprint density at radius 3 is 2.67 bits per heavy atom. The van der Waals surface area contributed by atoms with Crippen LogP contribution in [-0.2, 0) is 11.2 Å². The van der Waals surface area contributed by atoms with Gasteiger partial charge in [-0.3, -0.25) is 9.59 Å². The van der Waals surface area contributed by atoms with E-state index in [1.165, 1.54) is 28.1 Å². The number of halogens is 1. The highest BCUT2D eigenvalue weighted by molar-refractivity contribution is 8.00. The zero-order valence-electron chi connectivity index (χ0n) is 17.0. The maximum atomic E-state index is 12.4. The van der Waals surface area contributed by atoms with Gasteiger partial charge in [-0.05, 0) is 56.0 Å². The second-order valence-electron chi connectivity index (χ2n) is 7.00. The van der Waals surface area contributed by atoms with Crippen LogP contribution in [-0.4, -0.2) is 27.5 Å². The van der Waals surface area contributed by atoms with Gasteiger partial charge in [0.15, 0.2) is 0 Å². The van der Waals surface area contributed by atoms with E-state index >= 15 is 0 Å². The molecule has 2 aromatic carbocycles. The molecule has 1 amide bonds. The van der Waals surface area contributed by atoms with E-state index < -0.39 is 0 Å². The predicted molar refractivity (Wildman–Crippen MR) is 123 cm³/mol. The molecule has 3 rings (SSSR count). The SMILES string of the molecule is Cc1ccc(-n2nc(S[C@H](C)C(=O)NCCCc3ccccc3)ccc2=O)cc1Cl. The van der Waals surface area contributed by atoms with Gasteiger partial charge in [0.25, 0.3) is 5.56 Å². The number of nitrogens with zero attached hydrogens (tertiary/aromatic N) is 2. The van der Waals surface area contributed by atoms with Gasteiger partial charge in [0.2, 0.25) is 5.91 Å². The van der Waals surface area contributed by atoms with E-state index in [0.29, 0.717) is 22.3 Å². The molecule has 1 atom stereocenters. The van der Waals surface area contributed by atoms with Crippen LogP contribution in [0.5, 0.6) is 0 Å². The average Bonchev–Trinajstić information content (AvgIpc) is 2.75. The van der Waals surface area contributed by atoms with Crippen molar-refractivity contribution in [3.05, 3.63) is 87.2 Å². The van der Waals surface area contributed by atoms with Crippen LogP contribution in [0.2, 0.25) is 5.02 Å². The Kier molecular flexibility index (Phi) is 7.71. The van der Waals surface area contributed by atoms with Crippen molar-refractivity contribution in [2.24, 2.45) is 0 Å². The quantitative estimate of drug-likeness (QED) is 0.415. The summed E-state index contributed by atoms with van der Waals surface area (Å²) in [5, 5.41) is 8.21. The predicted octanol–water partition coefficient (Wildman–Crippen LogP) is 4.42. The van der Waals surface area contributed by atoms with Crippen molar-refractivity contribution in [1.29, 1.82) is 0 Å². The normalized spacial score (nSPS) is 11.8. The zero-order valence-corrected chi connectivity index (χ0v) is 18.5.